The predicted octanol–water partition coefficient (Wildman–Crippen LogP) is 1.06. The summed E-state index contributed by atoms with van der Waals surface area (Å²) < 4.78 is 1.97. The summed E-state index contributed by atoms with van der Waals surface area (Å²) in [4.78, 5) is 11.0. The van der Waals surface area contributed by atoms with Gasteiger partial charge in [0.2, 0.25) is 17.8 Å². The Morgan fingerprint density at radius 3 is 2.86 bits per heavy atom. The number of nitrogens with two attached hydrogens (primary N) is 1. The van der Waals surface area contributed by atoms with E-state index in [1.54, 1.807) is 0 Å². The van der Waals surface area contributed by atoms with Crippen molar-refractivity contribution in [2.24, 2.45) is 0 Å². The number of H-pyrrole nitrogens is 1. The molecule has 74 valence electrons. The number of halogens is 1. The van der Waals surface area contributed by atoms with E-state index in [4.69, 9.17) is 17.3 Å². The Morgan fingerprint density at radius 2 is 2.21 bits per heavy atom. The van der Waals surface area contributed by atoms with Gasteiger partial charge in [-0.1, -0.05) is 11.6 Å². The van der Waals surface area contributed by atoms with Crippen LogP contribution >= 0.6 is 11.6 Å². The molecule has 6 heteroatoms. The van der Waals surface area contributed by atoms with E-state index in [0.717, 1.165) is 5.52 Å². The number of aromatic amines is 1. The Balaban J connectivity index is 2.79. The molecule has 0 unspecified atom stereocenters. The third-order valence-electron chi connectivity index (χ3n) is 2.01. The number of imidazole rings is 1. The van der Waals surface area contributed by atoms with Gasteiger partial charge < -0.3 is 5.73 Å². The molecule has 2 heterocycles. The van der Waals surface area contributed by atoms with Gasteiger partial charge in [-0.15, -0.1) is 0 Å². The van der Waals surface area contributed by atoms with Crippen molar-refractivity contribution in [1.29, 1.82) is 0 Å². The minimum Gasteiger partial charge on any atom is -0.368 e. The maximum Gasteiger partial charge on any atom is 0.272 e. The van der Waals surface area contributed by atoms with Gasteiger partial charge in [-0.05, 0) is 13.8 Å². The second kappa shape index (κ2) is 3.09. The molecule has 0 aliphatic carbocycles. The van der Waals surface area contributed by atoms with Gasteiger partial charge in [0.15, 0.2) is 5.15 Å². The Morgan fingerprint density at radius 1 is 1.50 bits per heavy atom. The van der Waals surface area contributed by atoms with Crippen molar-refractivity contribution < 1.29 is 4.57 Å². The molecule has 3 N–H and O–H groups in total. The molecule has 0 atom stereocenters. The molecular formula is C8H11ClN5+. The van der Waals surface area contributed by atoms with Crippen molar-refractivity contribution in [3.8, 4) is 0 Å². The zero-order valence-electron chi connectivity index (χ0n) is 7.95. The SMILES string of the molecule is CC(C)[n+]1c[nH]c2nc(N)nc(Cl)c21. The van der Waals surface area contributed by atoms with Gasteiger partial charge in [-0.25, -0.2) is 9.55 Å². The normalized spacial score (nSPS) is 11.4. The first-order valence-electron chi connectivity index (χ1n) is 4.31. The van der Waals surface area contributed by atoms with E-state index in [9.17, 15) is 0 Å². The number of hydrogen-bond acceptors (Lipinski definition) is 3. The first kappa shape index (κ1) is 9.21. The van der Waals surface area contributed by atoms with E-state index in [1.807, 2.05) is 10.9 Å². The van der Waals surface area contributed by atoms with Crippen LogP contribution in [0.15, 0.2) is 6.33 Å². The highest BCUT2D eigenvalue weighted by Gasteiger charge is 2.18. The van der Waals surface area contributed by atoms with E-state index >= 15 is 0 Å². The van der Waals surface area contributed by atoms with Crippen molar-refractivity contribution in [2.75, 3.05) is 5.73 Å². The molecule has 2 rings (SSSR count). The average Bonchev–Trinajstić information content (AvgIpc) is 2.47. The lowest BCUT2D eigenvalue weighted by Gasteiger charge is -2.00. The Labute approximate surface area is 85.9 Å². The van der Waals surface area contributed by atoms with Crippen LogP contribution in [0.3, 0.4) is 0 Å². The summed E-state index contributed by atoms with van der Waals surface area (Å²) in [6.07, 6.45) is 1.81. The Bertz CT molecular complexity index is 476. The number of nitrogens with zero attached hydrogens (tertiary/aromatic N) is 3. The predicted molar refractivity (Wildman–Crippen MR) is 53.9 cm³/mol. The highest BCUT2D eigenvalue weighted by Crippen LogP contribution is 2.17. The number of nitrogen functional groups attached to an aromatic ring is 1. The number of hydrogen-bond donors (Lipinski definition) is 2. The van der Waals surface area contributed by atoms with E-state index < -0.39 is 0 Å². The number of rotatable bonds is 1. The summed E-state index contributed by atoms with van der Waals surface area (Å²) in [5, 5.41) is 0.377. The quantitative estimate of drug-likeness (QED) is 0.549. The maximum absolute atomic E-state index is 5.98. The van der Waals surface area contributed by atoms with Crippen molar-refractivity contribution in [3.05, 3.63) is 11.5 Å². The van der Waals surface area contributed by atoms with Gasteiger partial charge in [0.25, 0.3) is 5.65 Å². The fraction of sp³-hybridized carbons (Fsp3) is 0.375. The largest absolute Gasteiger partial charge is 0.368 e. The molecule has 0 spiro atoms. The zero-order chi connectivity index (χ0) is 10.3. The monoisotopic (exact) mass is 212 g/mol. The summed E-state index contributed by atoms with van der Waals surface area (Å²) in [5.74, 6) is 0.181. The number of anilines is 1. The molecule has 0 radical (unpaired) electrons. The van der Waals surface area contributed by atoms with Crippen LogP contribution in [0.25, 0.3) is 11.2 Å². The first-order valence-corrected chi connectivity index (χ1v) is 4.68. The smallest absolute Gasteiger partial charge is 0.272 e. The fourth-order valence-electron chi connectivity index (χ4n) is 1.38. The minimum absolute atomic E-state index is 0.181. The lowest BCUT2D eigenvalue weighted by atomic mass is 10.4. The Hall–Kier alpha value is -1.36. The van der Waals surface area contributed by atoms with E-state index in [-0.39, 0.29) is 5.95 Å². The van der Waals surface area contributed by atoms with E-state index in [1.165, 1.54) is 0 Å². The minimum atomic E-state index is 0.181. The van der Waals surface area contributed by atoms with Gasteiger partial charge in [0.1, 0.15) is 0 Å². The van der Waals surface area contributed by atoms with Crippen LogP contribution in [0, 0.1) is 0 Å². The highest BCUT2D eigenvalue weighted by molar-refractivity contribution is 6.33. The molecule has 0 saturated carbocycles. The second-order valence-corrected chi connectivity index (χ2v) is 3.70. The summed E-state index contributed by atoms with van der Waals surface area (Å²) in [6, 6.07) is 0.300. The summed E-state index contributed by atoms with van der Waals surface area (Å²) in [5.41, 5.74) is 6.93. The molecule has 0 amide bonds. The number of fused-ring (bicyclic) bond motifs is 1. The average molecular weight is 213 g/mol. The second-order valence-electron chi connectivity index (χ2n) is 3.34. The first-order chi connectivity index (χ1) is 6.59. The van der Waals surface area contributed by atoms with Crippen molar-refractivity contribution in [3.63, 3.8) is 0 Å². The molecule has 0 fully saturated rings. The van der Waals surface area contributed by atoms with Crippen molar-refractivity contribution in [1.82, 2.24) is 15.0 Å². The molecule has 2 aromatic heterocycles. The van der Waals surface area contributed by atoms with Crippen LogP contribution in [0.5, 0.6) is 0 Å². The van der Waals surface area contributed by atoms with Crippen LogP contribution in [0.2, 0.25) is 5.15 Å². The topological polar surface area (TPSA) is 71.5 Å². The molecule has 14 heavy (non-hydrogen) atoms. The summed E-state index contributed by atoms with van der Waals surface area (Å²) in [6.45, 7) is 4.11. The standard InChI is InChI=1S/C8H10ClN5/c1-4(2)14-3-11-7-5(14)6(9)12-8(10)13-7/h3-4H,1-2H3,(H2,10,12,13)/p+1. The third-order valence-corrected chi connectivity index (χ3v) is 2.28. The van der Waals surface area contributed by atoms with Crippen LogP contribution in [-0.4, -0.2) is 15.0 Å². The summed E-state index contributed by atoms with van der Waals surface area (Å²) in [7, 11) is 0. The fourth-order valence-corrected chi connectivity index (χ4v) is 1.65. The van der Waals surface area contributed by atoms with Crippen molar-refractivity contribution in [2.45, 2.75) is 19.9 Å². The van der Waals surface area contributed by atoms with Crippen molar-refractivity contribution >= 4 is 28.7 Å². The van der Waals surface area contributed by atoms with Gasteiger partial charge in [0.05, 0.1) is 6.04 Å². The lowest BCUT2D eigenvalue weighted by molar-refractivity contribution is -0.691. The Kier molecular flexibility index (Phi) is 2.03. The summed E-state index contributed by atoms with van der Waals surface area (Å²) >= 11 is 5.98. The molecule has 0 saturated heterocycles. The molecular weight excluding hydrogens is 202 g/mol. The molecule has 0 aliphatic heterocycles. The zero-order valence-corrected chi connectivity index (χ0v) is 8.71. The lowest BCUT2D eigenvalue weighted by Crippen LogP contribution is -2.34. The highest BCUT2D eigenvalue weighted by atomic mass is 35.5. The van der Waals surface area contributed by atoms with Crippen LogP contribution in [0.4, 0.5) is 5.95 Å². The van der Waals surface area contributed by atoms with Crippen LogP contribution in [0.1, 0.15) is 19.9 Å². The third kappa shape index (κ3) is 1.29. The molecule has 0 bridgehead atoms. The van der Waals surface area contributed by atoms with Gasteiger partial charge in [0, 0.05) is 0 Å². The molecule has 2 aromatic rings. The van der Waals surface area contributed by atoms with E-state index in [2.05, 4.69) is 28.8 Å². The number of nitrogens with one attached hydrogen (secondary N) is 1. The van der Waals surface area contributed by atoms with Gasteiger partial charge in [-0.2, -0.15) is 9.97 Å². The van der Waals surface area contributed by atoms with Gasteiger partial charge >= 0.3 is 0 Å². The maximum atomic E-state index is 5.98. The molecule has 5 nitrogen and oxygen atoms in total. The van der Waals surface area contributed by atoms with Crippen LogP contribution < -0.4 is 10.3 Å². The van der Waals surface area contributed by atoms with Crippen LogP contribution in [-0.2, 0) is 0 Å². The molecule has 0 aromatic carbocycles. The van der Waals surface area contributed by atoms with Gasteiger partial charge in [-0.3, -0.25) is 0 Å². The number of aromatic nitrogens is 4. The van der Waals surface area contributed by atoms with E-state index in [0.29, 0.717) is 16.8 Å². The molecule has 0 aliphatic rings.